The molecule has 0 aliphatic carbocycles. The Kier molecular flexibility index (Phi) is 6.68. The van der Waals surface area contributed by atoms with Crippen LogP contribution in [0.2, 0.25) is 0 Å². The minimum absolute atomic E-state index is 0.00831. The number of ketones is 1. The van der Waals surface area contributed by atoms with Crippen molar-refractivity contribution in [2.75, 3.05) is 6.61 Å². The first-order valence-corrected chi connectivity index (χ1v) is 9.19. The van der Waals surface area contributed by atoms with Crippen LogP contribution in [0.15, 0.2) is 48.5 Å². The molecule has 4 N–H and O–H groups in total. The summed E-state index contributed by atoms with van der Waals surface area (Å²) in [6.45, 7) is 1.01. The van der Waals surface area contributed by atoms with E-state index >= 15 is 0 Å². The van der Waals surface area contributed by atoms with Crippen LogP contribution in [0.5, 0.6) is 11.5 Å². The zero-order valence-electron chi connectivity index (χ0n) is 16.0. The third-order valence-corrected chi connectivity index (χ3v) is 4.66. The SMILES string of the molecule is CC(=O)c1ccc(OC2OC(COC(=O)c3ccc(O)cc3)C(O)C(O)C2O)cc1. The summed E-state index contributed by atoms with van der Waals surface area (Å²) in [7, 11) is 0. The molecule has 3 rings (SSSR count). The number of benzene rings is 2. The van der Waals surface area contributed by atoms with Crippen molar-refractivity contribution in [3.63, 3.8) is 0 Å². The lowest BCUT2D eigenvalue weighted by Gasteiger charge is -2.39. The number of hydrogen-bond donors (Lipinski definition) is 4. The summed E-state index contributed by atoms with van der Waals surface area (Å²) in [5.41, 5.74) is 0.652. The van der Waals surface area contributed by atoms with Crippen LogP contribution < -0.4 is 4.74 Å². The molecule has 9 heteroatoms. The van der Waals surface area contributed by atoms with E-state index in [1.165, 1.54) is 55.5 Å². The van der Waals surface area contributed by atoms with Crippen molar-refractivity contribution in [2.24, 2.45) is 0 Å². The molecule has 9 nitrogen and oxygen atoms in total. The van der Waals surface area contributed by atoms with Gasteiger partial charge in [0.2, 0.25) is 6.29 Å². The molecule has 5 unspecified atom stereocenters. The van der Waals surface area contributed by atoms with Crippen molar-refractivity contribution >= 4 is 11.8 Å². The standard InChI is InChI=1S/C21H22O9/c1-11(22)12-4-8-15(9-5-12)29-21-19(26)18(25)17(24)16(30-21)10-28-20(27)13-2-6-14(23)7-3-13/h2-9,16-19,21,23-26H,10H2,1H3. The minimum atomic E-state index is -1.60. The van der Waals surface area contributed by atoms with Gasteiger partial charge in [-0.2, -0.15) is 0 Å². The second-order valence-electron chi connectivity index (χ2n) is 6.86. The van der Waals surface area contributed by atoms with Crippen LogP contribution in [0.3, 0.4) is 0 Å². The van der Waals surface area contributed by atoms with E-state index in [2.05, 4.69) is 0 Å². The van der Waals surface area contributed by atoms with Gasteiger partial charge in [0.25, 0.3) is 0 Å². The summed E-state index contributed by atoms with van der Waals surface area (Å²) in [5, 5.41) is 39.7. The van der Waals surface area contributed by atoms with Crippen LogP contribution in [0.25, 0.3) is 0 Å². The summed E-state index contributed by atoms with van der Waals surface area (Å²) >= 11 is 0. The number of phenols is 1. The number of aromatic hydroxyl groups is 1. The maximum absolute atomic E-state index is 12.1. The van der Waals surface area contributed by atoms with Crippen LogP contribution in [0.4, 0.5) is 0 Å². The molecular weight excluding hydrogens is 396 g/mol. The second-order valence-corrected chi connectivity index (χ2v) is 6.86. The molecule has 1 fully saturated rings. The fourth-order valence-corrected chi connectivity index (χ4v) is 2.89. The fourth-order valence-electron chi connectivity index (χ4n) is 2.89. The van der Waals surface area contributed by atoms with Crippen molar-refractivity contribution in [3.05, 3.63) is 59.7 Å². The number of carbonyl (C=O) groups excluding carboxylic acids is 2. The van der Waals surface area contributed by atoms with E-state index in [-0.39, 0.29) is 22.8 Å². The summed E-state index contributed by atoms with van der Waals surface area (Å²) in [5.74, 6) is -0.577. The number of aliphatic hydroxyl groups excluding tert-OH is 3. The Balaban J connectivity index is 1.64. The van der Waals surface area contributed by atoms with Gasteiger partial charge in [0, 0.05) is 5.56 Å². The lowest BCUT2D eigenvalue weighted by molar-refractivity contribution is -0.277. The van der Waals surface area contributed by atoms with Gasteiger partial charge >= 0.3 is 5.97 Å². The molecule has 0 aromatic heterocycles. The van der Waals surface area contributed by atoms with E-state index in [9.17, 15) is 30.0 Å². The average Bonchev–Trinajstić information content (AvgIpc) is 2.74. The van der Waals surface area contributed by atoms with Gasteiger partial charge < -0.3 is 34.6 Å². The van der Waals surface area contributed by atoms with E-state index in [1.807, 2.05) is 0 Å². The van der Waals surface area contributed by atoms with Crippen molar-refractivity contribution < 1.29 is 44.2 Å². The molecule has 2 aromatic carbocycles. The average molecular weight is 418 g/mol. The molecule has 2 aromatic rings. The van der Waals surface area contributed by atoms with Crippen LogP contribution in [-0.4, -0.2) is 69.5 Å². The van der Waals surface area contributed by atoms with Gasteiger partial charge in [-0.1, -0.05) is 0 Å². The third-order valence-electron chi connectivity index (χ3n) is 4.66. The van der Waals surface area contributed by atoms with Gasteiger partial charge in [-0.3, -0.25) is 4.79 Å². The number of rotatable bonds is 6. The molecule has 0 bridgehead atoms. The normalized spacial score (nSPS) is 26.1. The molecule has 5 atom stereocenters. The number of aliphatic hydroxyl groups is 3. The highest BCUT2D eigenvalue weighted by Crippen LogP contribution is 2.25. The van der Waals surface area contributed by atoms with Gasteiger partial charge in [0.15, 0.2) is 5.78 Å². The van der Waals surface area contributed by atoms with E-state index in [0.717, 1.165) is 0 Å². The molecule has 0 radical (unpaired) electrons. The van der Waals surface area contributed by atoms with Gasteiger partial charge in [-0.25, -0.2) is 4.79 Å². The zero-order chi connectivity index (χ0) is 21.8. The second kappa shape index (κ2) is 9.23. The Morgan fingerprint density at radius 1 is 0.900 bits per heavy atom. The van der Waals surface area contributed by atoms with Crippen molar-refractivity contribution in [2.45, 2.75) is 37.6 Å². The van der Waals surface area contributed by atoms with Gasteiger partial charge in [-0.05, 0) is 55.5 Å². The first-order chi connectivity index (χ1) is 14.3. The Morgan fingerprint density at radius 3 is 2.10 bits per heavy atom. The van der Waals surface area contributed by atoms with Crippen LogP contribution in [0, 0.1) is 0 Å². The highest BCUT2D eigenvalue weighted by molar-refractivity contribution is 5.94. The van der Waals surface area contributed by atoms with Gasteiger partial charge in [-0.15, -0.1) is 0 Å². The summed E-state index contributed by atoms with van der Waals surface area (Å²) in [4.78, 5) is 23.4. The van der Waals surface area contributed by atoms with Crippen molar-refractivity contribution in [3.8, 4) is 11.5 Å². The monoisotopic (exact) mass is 418 g/mol. The van der Waals surface area contributed by atoms with Crippen molar-refractivity contribution in [1.29, 1.82) is 0 Å². The van der Waals surface area contributed by atoms with E-state index in [1.54, 1.807) is 0 Å². The molecule has 1 saturated heterocycles. The number of phenolic OH excluding ortho intramolecular Hbond substituents is 1. The van der Waals surface area contributed by atoms with E-state index in [0.29, 0.717) is 5.56 Å². The topological polar surface area (TPSA) is 143 Å². The van der Waals surface area contributed by atoms with Crippen LogP contribution in [0.1, 0.15) is 27.6 Å². The fraction of sp³-hybridized carbons (Fsp3) is 0.333. The quantitative estimate of drug-likeness (QED) is 0.392. The van der Waals surface area contributed by atoms with Crippen LogP contribution in [-0.2, 0) is 9.47 Å². The predicted octanol–water partition coefficient (Wildman–Crippen LogP) is 0.638. The predicted molar refractivity (Wildman–Crippen MR) is 102 cm³/mol. The number of hydrogen-bond acceptors (Lipinski definition) is 9. The number of carbonyl (C=O) groups is 2. The molecular formula is C21H22O9. The smallest absolute Gasteiger partial charge is 0.338 e. The Labute approximate surface area is 172 Å². The maximum Gasteiger partial charge on any atom is 0.338 e. The molecule has 160 valence electrons. The van der Waals surface area contributed by atoms with Crippen LogP contribution >= 0.6 is 0 Å². The molecule has 1 heterocycles. The number of Topliss-reactive ketones (excluding diaryl/α,β-unsaturated/α-hetero) is 1. The summed E-state index contributed by atoms with van der Waals surface area (Å²) in [6.07, 6.45) is -7.18. The zero-order valence-corrected chi connectivity index (χ0v) is 16.0. The molecule has 0 saturated carbocycles. The van der Waals surface area contributed by atoms with E-state index in [4.69, 9.17) is 14.2 Å². The molecule has 1 aliphatic heterocycles. The van der Waals surface area contributed by atoms with Crippen molar-refractivity contribution in [1.82, 2.24) is 0 Å². The minimum Gasteiger partial charge on any atom is -0.508 e. The molecule has 30 heavy (non-hydrogen) atoms. The first kappa shape index (κ1) is 21.7. The van der Waals surface area contributed by atoms with E-state index < -0.39 is 43.3 Å². The van der Waals surface area contributed by atoms with Gasteiger partial charge in [0.05, 0.1) is 5.56 Å². The largest absolute Gasteiger partial charge is 0.508 e. The molecule has 1 aliphatic rings. The summed E-state index contributed by atoms with van der Waals surface area (Å²) in [6, 6.07) is 11.5. The first-order valence-electron chi connectivity index (χ1n) is 9.19. The third kappa shape index (κ3) is 4.95. The lowest BCUT2D eigenvalue weighted by Crippen LogP contribution is -2.60. The molecule has 0 spiro atoms. The Hall–Kier alpha value is -2.98. The lowest BCUT2D eigenvalue weighted by atomic mass is 9.99. The highest BCUT2D eigenvalue weighted by atomic mass is 16.7. The number of esters is 1. The maximum atomic E-state index is 12.1. The molecule has 0 amide bonds. The van der Waals surface area contributed by atoms with Gasteiger partial charge in [0.1, 0.15) is 42.5 Å². The highest BCUT2D eigenvalue weighted by Gasteiger charge is 2.45. The Bertz CT molecular complexity index is 878. The summed E-state index contributed by atoms with van der Waals surface area (Å²) < 4.78 is 16.1. The number of ether oxygens (including phenoxy) is 3. The Morgan fingerprint density at radius 2 is 1.50 bits per heavy atom.